The topological polar surface area (TPSA) is 34.1 Å². The Morgan fingerprint density at radius 2 is 1.88 bits per heavy atom. The fraction of sp³-hybridized carbons (Fsp3) is 0. The first-order valence-electron chi connectivity index (χ1n) is 5.11. The number of benzene rings is 1. The quantitative estimate of drug-likeness (QED) is 0.706. The van der Waals surface area contributed by atoms with E-state index in [4.69, 9.17) is 4.84 Å². The van der Waals surface area contributed by atoms with E-state index in [0.717, 1.165) is 11.3 Å². The standard InChI is InChI=1S/C8H7NO.C5H4FN/c1-2-4-8-7(3-1)5-6-9-10-8;6-5-3-1-2-4-7-5/h1-6,9H;1-4H. The molecule has 0 radical (unpaired) electrons. The third kappa shape index (κ3) is 3.31. The minimum Gasteiger partial charge on any atom is -0.382 e. The molecule has 0 saturated heterocycles. The predicted molar refractivity (Wildman–Crippen MR) is 63.4 cm³/mol. The first-order valence-corrected chi connectivity index (χ1v) is 5.11. The molecule has 0 bridgehead atoms. The molecule has 1 aliphatic rings. The molecule has 1 aromatic heterocycles. The van der Waals surface area contributed by atoms with Gasteiger partial charge in [-0.05, 0) is 24.3 Å². The Kier molecular flexibility index (Phi) is 3.70. The molecule has 2 heterocycles. The summed E-state index contributed by atoms with van der Waals surface area (Å²) >= 11 is 0. The first kappa shape index (κ1) is 11.1. The van der Waals surface area contributed by atoms with Gasteiger partial charge in [-0.3, -0.25) is 0 Å². The van der Waals surface area contributed by atoms with Crippen molar-refractivity contribution in [1.29, 1.82) is 0 Å². The van der Waals surface area contributed by atoms with E-state index in [2.05, 4.69) is 10.5 Å². The summed E-state index contributed by atoms with van der Waals surface area (Å²) in [5.74, 6) is 0.451. The number of nitrogens with zero attached hydrogens (tertiary/aromatic N) is 1. The van der Waals surface area contributed by atoms with Crippen LogP contribution in [0.4, 0.5) is 4.39 Å². The smallest absolute Gasteiger partial charge is 0.212 e. The third-order valence-electron chi connectivity index (χ3n) is 2.05. The Hall–Kier alpha value is -2.36. The van der Waals surface area contributed by atoms with Gasteiger partial charge in [0.05, 0.1) is 0 Å². The molecule has 1 aromatic carbocycles. The maximum atomic E-state index is 11.8. The van der Waals surface area contributed by atoms with Gasteiger partial charge in [0.15, 0.2) is 5.75 Å². The molecule has 86 valence electrons. The highest BCUT2D eigenvalue weighted by Crippen LogP contribution is 2.20. The third-order valence-corrected chi connectivity index (χ3v) is 2.05. The Morgan fingerprint density at radius 3 is 2.53 bits per heavy atom. The van der Waals surface area contributed by atoms with Crippen molar-refractivity contribution in [3.63, 3.8) is 0 Å². The number of nitrogens with one attached hydrogen (secondary N) is 1. The zero-order valence-electron chi connectivity index (χ0n) is 9.01. The van der Waals surface area contributed by atoms with Crippen LogP contribution in [0.1, 0.15) is 5.56 Å². The summed E-state index contributed by atoms with van der Waals surface area (Å²) in [5, 5.41) is 0. The second-order valence-corrected chi connectivity index (χ2v) is 3.24. The summed E-state index contributed by atoms with van der Waals surface area (Å²) < 4.78 is 11.8. The summed E-state index contributed by atoms with van der Waals surface area (Å²) in [6.07, 6.45) is 5.15. The van der Waals surface area contributed by atoms with Crippen molar-refractivity contribution in [2.75, 3.05) is 0 Å². The van der Waals surface area contributed by atoms with Crippen molar-refractivity contribution in [3.8, 4) is 5.75 Å². The number of pyridine rings is 1. The lowest BCUT2D eigenvalue weighted by atomic mass is 10.2. The van der Waals surface area contributed by atoms with Crippen LogP contribution in [0.2, 0.25) is 0 Å². The highest BCUT2D eigenvalue weighted by molar-refractivity contribution is 5.57. The molecule has 0 aliphatic carbocycles. The van der Waals surface area contributed by atoms with Gasteiger partial charge in [-0.2, -0.15) is 4.39 Å². The summed E-state index contributed by atoms with van der Waals surface area (Å²) in [6, 6.07) is 12.4. The van der Waals surface area contributed by atoms with Gasteiger partial charge in [0.2, 0.25) is 5.95 Å². The lowest BCUT2D eigenvalue weighted by Gasteiger charge is -2.11. The van der Waals surface area contributed by atoms with E-state index in [-0.39, 0.29) is 0 Å². The Morgan fingerprint density at radius 1 is 1.06 bits per heavy atom. The number of para-hydroxylation sites is 1. The van der Waals surface area contributed by atoms with E-state index in [9.17, 15) is 4.39 Å². The average molecular weight is 230 g/mol. The van der Waals surface area contributed by atoms with Crippen LogP contribution in [0, 0.1) is 5.95 Å². The Balaban J connectivity index is 0.000000136. The fourth-order valence-corrected chi connectivity index (χ4v) is 1.27. The number of rotatable bonds is 0. The van der Waals surface area contributed by atoms with Crippen molar-refractivity contribution in [2.45, 2.75) is 0 Å². The molecule has 1 aliphatic heterocycles. The zero-order chi connectivity index (χ0) is 11.9. The molecule has 0 saturated carbocycles. The molecule has 0 amide bonds. The van der Waals surface area contributed by atoms with Crippen LogP contribution in [0.5, 0.6) is 5.75 Å². The van der Waals surface area contributed by atoms with Crippen molar-refractivity contribution < 1.29 is 9.23 Å². The maximum absolute atomic E-state index is 11.8. The first-order chi connectivity index (χ1) is 8.36. The highest BCUT2D eigenvalue weighted by Gasteiger charge is 2.01. The monoisotopic (exact) mass is 230 g/mol. The highest BCUT2D eigenvalue weighted by atomic mass is 19.1. The number of aromatic nitrogens is 1. The number of halogens is 1. The zero-order valence-corrected chi connectivity index (χ0v) is 9.01. The molecule has 3 rings (SSSR count). The van der Waals surface area contributed by atoms with Crippen LogP contribution in [0.25, 0.3) is 6.08 Å². The molecule has 0 unspecified atom stereocenters. The normalized spacial score (nSPS) is 11.4. The molecule has 4 heteroatoms. The molecule has 1 N–H and O–H groups in total. The minimum absolute atomic E-state index is 0.428. The molecule has 0 atom stereocenters. The molecular weight excluding hydrogens is 219 g/mol. The predicted octanol–water partition coefficient (Wildman–Crippen LogP) is 2.78. The Labute approximate surface area is 98.5 Å². The van der Waals surface area contributed by atoms with Crippen LogP contribution >= 0.6 is 0 Å². The molecular formula is C13H11FN2O. The van der Waals surface area contributed by atoms with Crippen molar-refractivity contribution >= 4 is 6.08 Å². The van der Waals surface area contributed by atoms with Crippen LogP contribution in [-0.4, -0.2) is 4.98 Å². The van der Waals surface area contributed by atoms with Crippen LogP contribution < -0.4 is 10.3 Å². The van der Waals surface area contributed by atoms with Gasteiger partial charge in [0, 0.05) is 18.0 Å². The SMILES string of the molecule is C1=Cc2ccccc2ON1.Fc1ccccn1. The summed E-state index contributed by atoms with van der Waals surface area (Å²) in [4.78, 5) is 8.40. The van der Waals surface area contributed by atoms with Crippen molar-refractivity contribution in [2.24, 2.45) is 0 Å². The van der Waals surface area contributed by atoms with Gasteiger partial charge in [-0.1, -0.05) is 24.3 Å². The number of hydroxylamine groups is 1. The van der Waals surface area contributed by atoms with Gasteiger partial charge in [-0.15, -0.1) is 0 Å². The summed E-state index contributed by atoms with van der Waals surface area (Å²) in [5.41, 5.74) is 3.77. The van der Waals surface area contributed by atoms with Crippen LogP contribution in [-0.2, 0) is 0 Å². The van der Waals surface area contributed by atoms with Gasteiger partial charge in [0.1, 0.15) is 0 Å². The number of hydrogen-bond donors (Lipinski definition) is 1. The molecule has 0 fully saturated rings. The largest absolute Gasteiger partial charge is 0.382 e. The lowest BCUT2D eigenvalue weighted by molar-refractivity contribution is 0.239. The van der Waals surface area contributed by atoms with Crippen molar-refractivity contribution in [3.05, 3.63) is 66.4 Å². The van der Waals surface area contributed by atoms with Gasteiger partial charge >= 0.3 is 0 Å². The van der Waals surface area contributed by atoms with Crippen LogP contribution in [0.15, 0.2) is 54.9 Å². The van der Waals surface area contributed by atoms with E-state index in [1.165, 1.54) is 12.3 Å². The maximum Gasteiger partial charge on any atom is 0.212 e. The molecule has 2 aromatic rings. The Bertz CT molecular complexity index is 500. The number of fused-ring (bicyclic) bond motifs is 1. The summed E-state index contributed by atoms with van der Waals surface area (Å²) in [6.45, 7) is 0. The van der Waals surface area contributed by atoms with Gasteiger partial charge in [-0.25, -0.2) is 10.5 Å². The van der Waals surface area contributed by atoms with Gasteiger partial charge in [0.25, 0.3) is 0 Å². The lowest BCUT2D eigenvalue weighted by Crippen LogP contribution is -2.13. The van der Waals surface area contributed by atoms with E-state index >= 15 is 0 Å². The summed E-state index contributed by atoms with van der Waals surface area (Å²) in [7, 11) is 0. The average Bonchev–Trinajstić information content (AvgIpc) is 2.41. The second-order valence-electron chi connectivity index (χ2n) is 3.24. The molecule has 3 nitrogen and oxygen atoms in total. The second kappa shape index (κ2) is 5.65. The molecule has 0 spiro atoms. The van der Waals surface area contributed by atoms with Gasteiger partial charge < -0.3 is 4.84 Å². The van der Waals surface area contributed by atoms with Crippen molar-refractivity contribution in [1.82, 2.24) is 10.5 Å². The van der Waals surface area contributed by atoms with E-state index < -0.39 is 5.95 Å². The number of hydrogen-bond acceptors (Lipinski definition) is 3. The molecule has 17 heavy (non-hydrogen) atoms. The fourth-order valence-electron chi connectivity index (χ4n) is 1.27. The van der Waals surface area contributed by atoms with E-state index in [1.54, 1.807) is 18.3 Å². The van der Waals surface area contributed by atoms with Crippen LogP contribution in [0.3, 0.4) is 0 Å². The van der Waals surface area contributed by atoms with E-state index in [0.29, 0.717) is 0 Å². The minimum atomic E-state index is -0.428. The van der Waals surface area contributed by atoms with E-state index in [1.807, 2.05) is 30.3 Å².